The number of fused-ring (bicyclic) bond motifs is 1. The van der Waals surface area contributed by atoms with Crippen molar-refractivity contribution < 1.29 is 27.8 Å². The smallest absolute Gasteiger partial charge is 0.417 e. The second kappa shape index (κ2) is 12.8. The molecule has 0 saturated heterocycles. The molecule has 0 spiro atoms. The minimum Gasteiger partial charge on any atom is -0.487 e. The number of ether oxygens (including phenoxy) is 1. The van der Waals surface area contributed by atoms with Crippen molar-refractivity contribution in [3.8, 4) is 17.0 Å². The Morgan fingerprint density at radius 3 is 2.35 bits per heavy atom. The summed E-state index contributed by atoms with van der Waals surface area (Å²) in [7, 11) is 0. The molecule has 0 aliphatic heterocycles. The van der Waals surface area contributed by atoms with Gasteiger partial charge in [0.25, 0.3) is 0 Å². The molecular formula is C36H36F3N3O3S. The zero-order chi connectivity index (χ0) is 33.3. The van der Waals surface area contributed by atoms with E-state index in [0.717, 1.165) is 45.0 Å². The van der Waals surface area contributed by atoms with Crippen LogP contribution in [-0.4, -0.2) is 30.4 Å². The number of alkyl halides is 3. The van der Waals surface area contributed by atoms with Crippen LogP contribution >= 0.6 is 11.8 Å². The maximum absolute atomic E-state index is 13.1. The van der Waals surface area contributed by atoms with Gasteiger partial charge in [0, 0.05) is 57.2 Å². The van der Waals surface area contributed by atoms with Gasteiger partial charge < -0.3 is 14.4 Å². The van der Waals surface area contributed by atoms with Crippen molar-refractivity contribution in [1.82, 2.24) is 14.5 Å². The lowest BCUT2D eigenvalue weighted by atomic mass is 9.88. The number of hydrogen-bond donors (Lipinski definition) is 1. The number of aromatic nitrogens is 3. The molecule has 6 nitrogen and oxygen atoms in total. The summed E-state index contributed by atoms with van der Waals surface area (Å²) in [4.78, 5) is 21.8. The molecule has 0 unspecified atom stereocenters. The normalized spacial score (nSPS) is 12.4. The molecule has 1 N–H and O–H groups in total. The van der Waals surface area contributed by atoms with E-state index in [1.165, 1.54) is 6.07 Å². The van der Waals surface area contributed by atoms with Crippen LogP contribution in [0, 0.1) is 5.41 Å². The molecule has 0 aliphatic rings. The zero-order valence-electron chi connectivity index (χ0n) is 26.4. The van der Waals surface area contributed by atoms with Crippen molar-refractivity contribution >= 4 is 28.6 Å². The van der Waals surface area contributed by atoms with Crippen LogP contribution in [0.3, 0.4) is 0 Å². The third kappa shape index (κ3) is 7.73. The number of carboxylic acids is 1. The van der Waals surface area contributed by atoms with E-state index in [-0.39, 0.29) is 11.2 Å². The summed E-state index contributed by atoms with van der Waals surface area (Å²) in [5, 5.41) is 11.1. The van der Waals surface area contributed by atoms with Crippen LogP contribution in [0.25, 0.3) is 22.2 Å². The number of benzene rings is 2. The third-order valence-corrected chi connectivity index (χ3v) is 8.73. The maximum Gasteiger partial charge on any atom is 0.417 e. The predicted molar refractivity (Wildman–Crippen MR) is 175 cm³/mol. The van der Waals surface area contributed by atoms with Gasteiger partial charge in [-0.15, -0.1) is 11.8 Å². The van der Waals surface area contributed by atoms with Gasteiger partial charge >= 0.3 is 12.1 Å². The van der Waals surface area contributed by atoms with Gasteiger partial charge in [0.1, 0.15) is 12.4 Å². The van der Waals surface area contributed by atoms with Gasteiger partial charge in [-0.25, -0.2) is 0 Å². The lowest BCUT2D eigenvalue weighted by Crippen LogP contribution is -2.28. The van der Waals surface area contributed by atoms with Gasteiger partial charge in [-0.1, -0.05) is 45.0 Å². The Morgan fingerprint density at radius 2 is 1.72 bits per heavy atom. The van der Waals surface area contributed by atoms with Gasteiger partial charge in [-0.2, -0.15) is 13.2 Å². The van der Waals surface area contributed by atoms with Crippen LogP contribution in [-0.2, 0) is 30.5 Å². The second-order valence-electron chi connectivity index (χ2n) is 12.9. The Balaban J connectivity index is 1.60. The molecule has 10 heteroatoms. The van der Waals surface area contributed by atoms with E-state index in [1.807, 2.05) is 60.7 Å². The summed E-state index contributed by atoms with van der Waals surface area (Å²) in [5.41, 5.74) is 2.77. The Bertz CT molecular complexity index is 1840. The largest absolute Gasteiger partial charge is 0.487 e. The average Bonchev–Trinajstić information content (AvgIpc) is 3.25. The summed E-state index contributed by atoms with van der Waals surface area (Å²) in [6.07, 6.45) is -1.62. The van der Waals surface area contributed by atoms with Gasteiger partial charge in [0.15, 0.2) is 0 Å². The standard InChI is InChI=1S/C36H36F3N3O3S/c1-34(2,3)46-32-28-18-27(45-22-26-11-6-7-16-40-26)13-15-30(28)42(31(32)19-35(4,5)33(43)44)21-23-9-8-10-24(17-23)29-14-12-25(20-41-29)36(37,38)39/h6-18,20H,19,21-22H2,1-5H3,(H,43,44). The molecule has 5 aromatic rings. The Morgan fingerprint density at radius 1 is 0.935 bits per heavy atom. The van der Waals surface area contributed by atoms with Crippen LogP contribution in [0.4, 0.5) is 13.2 Å². The van der Waals surface area contributed by atoms with E-state index in [4.69, 9.17) is 4.74 Å². The highest BCUT2D eigenvalue weighted by Gasteiger charge is 2.33. The molecule has 0 radical (unpaired) electrons. The van der Waals surface area contributed by atoms with E-state index in [2.05, 4.69) is 35.3 Å². The highest BCUT2D eigenvalue weighted by atomic mass is 32.2. The number of carboxylic acid groups (broad SMARTS) is 1. The minimum absolute atomic E-state index is 0.180. The van der Waals surface area contributed by atoms with E-state index in [9.17, 15) is 23.1 Å². The first-order valence-electron chi connectivity index (χ1n) is 14.8. The molecule has 0 saturated carbocycles. The number of hydrogen-bond acceptors (Lipinski definition) is 5. The first-order chi connectivity index (χ1) is 21.6. The number of carbonyl (C=O) groups is 1. The van der Waals surface area contributed by atoms with Crippen molar-refractivity contribution in [1.29, 1.82) is 0 Å². The van der Waals surface area contributed by atoms with Gasteiger partial charge in [-0.3, -0.25) is 14.8 Å². The van der Waals surface area contributed by atoms with E-state index < -0.39 is 23.1 Å². The molecule has 0 amide bonds. The SMILES string of the molecule is CC(C)(C)Sc1c(CC(C)(C)C(=O)O)n(Cc2cccc(-c3ccc(C(F)(F)F)cn3)c2)c2ccc(OCc3ccccn3)cc12. The van der Waals surface area contributed by atoms with Crippen molar-refractivity contribution in [2.45, 2.75) is 70.0 Å². The quantitative estimate of drug-likeness (QED) is 0.152. The van der Waals surface area contributed by atoms with E-state index in [1.54, 1.807) is 31.8 Å². The Kier molecular flexibility index (Phi) is 9.22. The van der Waals surface area contributed by atoms with Crippen LogP contribution < -0.4 is 4.74 Å². The van der Waals surface area contributed by atoms with Crippen LogP contribution in [0.2, 0.25) is 0 Å². The van der Waals surface area contributed by atoms with Gasteiger partial charge in [0.2, 0.25) is 0 Å². The fraction of sp³-hybridized carbons (Fsp3) is 0.306. The molecule has 5 rings (SSSR count). The second-order valence-corrected chi connectivity index (χ2v) is 14.7. The molecule has 46 heavy (non-hydrogen) atoms. The lowest BCUT2D eigenvalue weighted by Gasteiger charge is -2.24. The number of rotatable bonds is 10. The molecule has 0 bridgehead atoms. The Hall–Kier alpha value is -4.31. The molecule has 0 atom stereocenters. The number of pyridine rings is 2. The Labute approximate surface area is 270 Å². The van der Waals surface area contributed by atoms with E-state index >= 15 is 0 Å². The molecule has 240 valence electrons. The number of nitrogens with zero attached hydrogens (tertiary/aromatic N) is 3. The summed E-state index contributed by atoms with van der Waals surface area (Å²) in [6.45, 7) is 10.5. The summed E-state index contributed by atoms with van der Waals surface area (Å²) in [6, 6.07) is 21.5. The topological polar surface area (TPSA) is 77.2 Å². The van der Waals surface area contributed by atoms with Crippen LogP contribution in [0.5, 0.6) is 5.75 Å². The molecule has 3 aromatic heterocycles. The average molecular weight is 648 g/mol. The summed E-state index contributed by atoms with van der Waals surface area (Å²) in [5.74, 6) is -0.226. The molecule has 0 aliphatic carbocycles. The highest BCUT2D eigenvalue weighted by Crippen LogP contribution is 2.44. The first kappa shape index (κ1) is 33.1. The van der Waals surface area contributed by atoms with Crippen LogP contribution in [0.1, 0.15) is 57.1 Å². The minimum atomic E-state index is -4.46. The number of halogens is 3. The molecule has 0 fully saturated rings. The van der Waals surface area contributed by atoms with Gasteiger partial charge in [0.05, 0.1) is 22.4 Å². The van der Waals surface area contributed by atoms with Crippen LogP contribution in [0.15, 0.2) is 90.1 Å². The first-order valence-corrected chi connectivity index (χ1v) is 15.7. The third-order valence-electron chi connectivity index (χ3n) is 7.46. The fourth-order valence-electron chi connectivity index (χ4n) is 5.10. The molecule has 2 aromatic carbocycles. The van der Waals surface area contributed by atoms with Crippen molar-refractivity contribution in [2.75, 3.05) is 0 Å². The van der Waals surface area contributed by atoms with Crippen molar-refractivity contribution in [2.24, 2.45) is 5.41 Å². The monoisotopic (exact) mass is 647 g/mol. The highest BCUT2D eigenvalue weighted by molar-refractivity contribution is 8.00. The maximum atomic E-state index is 13.1. The van der Waals surface area contributed by atoms with E-state index in [0.29, 0.717) is 30.2 Å². The lowest BCUT2D eigenvalue weighted by molar-refractivity contribution is -0.147. The zero-order valence-corrected chi connectivity index (χ0v) is 27.2. The van der Waals surface area contributed by atoms with Crippen molar-refractivity contribution in [3.63, 3.8) is 0 Å². The van der Waals surface area contributed by atoms with Crippen molar-refractivity contribution in [3.05, 3.63) is 108 Å². The van der Waals surface area contributed by atoms with Gasteiger partial charge in [-0.05, 0) is 67.9 Å². The number of thioether (sulfide) groups is 1. The summed E-state index contributed by atoms with van der Waals surface area (Å²) < 4.78 is 47.5. The fourth-order valence-corrected chi connectivity index (χ4v) is 6.29. The summed E-state index contributed by atoms with van der Waals surface area (Å²) >= 11 is 1.68. The molecular weight excluding hydrogens is 611 g/mol. The predicted octanol–water partition coefficient (Wildman–Crippen LogP) is 9.29. The molecule has 3 heterocycles. The number of aliphatic carboxylic acids is 1.